The molecule has 4 heterocycles. The summed E-state index contributed by atoms with van der Waals surface area (Å²) in [5, 5.41) is 17.5. The maximum atomic E-state index is 9.99. The molecule has 0 unspecified atom stereocenters. The Labute approximate surface area is 204 Å². The normalized spacial score (nSPS) is 15.0. The Morgan fingerprint density at radius 1 is 1.20 bits per heavy atom. The maximum absolute atomic E-state index is 9.99. The lowest BCUT2D eigenvalue weighted by atomic mass is 9.76. The van der Waals surface area contributed by atoms with Gasteiger partial charge < -0.3 is 19.9 Å². The summed E-state index contributed by atoms with van der Waals surface area (Å²) in [5.41, 5.74) is 3.77. The van der Waals surface area contributed by atoms with E-state index in [-0.39, 0.29) is 0 Å². The number of methoxy groups -OCH3 is 1. The average Bonchev–Trinajstić information content (AvgIpc) is 3.31. The molecule has 1 aromatic carbocycles. The molecule has 5 rings (SSSR count). The summed E-state index contributed by atoms with van der Waals surface area (Å²) in [7, 11) is 3.59. The van der Waals surface area contributed by atoms with E-state index in [0.717, 1.165) is 65.3 Å². The molecule has 9 nitrogen and oxygen atoms in total. The Kier molecular flexibility index (Phi) is 6.05. The summed E-state index contributed by atoms with van der Waals surface area (Å²) in [5.74, 6) is 1.96. The Morgan fingerprint density at radius 2 is 2.03 bits per heavy atom. The summed E-state index contributed by atoms with van der Waals surface area (Å²) in [6.07, 6.45) is 7.66. The molecule has 2 N–H and O–H groups in total. The summed E-state index contributed by atoms with van der Waals surface area (Å²) in [6, 6.07) is 10.4. The number of nitriles is 1. The lowest BCUT2D eigenvalue weighted by Crippen LogP contribution is -2.37. The van der Waals surface area contributed by atoms with Gasteiger partial charge in [0.1, 0.15) is 11.6 Å². The van der Waals surface area contributed by atoms with Gasteiger partial charge in [-0.1, -0.05) is 0 Å². The van der Waals surface area contributed by atoms with Crippen LogP contribution in [0.15, 0.2) is 42.9 Å². The highest BCUT2D eigenvalue weighted by molar-refractivity contribution is 5.82. The number of anilines is 2. The Morgan fingerprint density at radius 3 is 2.74 bits per heavy atom. The van der Waals surface area contributed by atoms with Crippen molar-refractivity contribution in [3.05, 3.63) is 54.2 Å². The van der Waals surface area contributed by atoms with E-state index in [1.165, 1.54) is 0 Å². The van der Waals surface area contributed by atoms with Gasteiger partial charge in [0.25, 0.3) is 0 Å². The van der Waals surface area contributed by atoms with Crippen molar-refractivity contribution in [2.24, 2.45) is 12.5 Å². The van der Waals surface area contributed by atoms with E-state index < -0.39 is 5.41 Å². The molecule has 0 radical (unpaired) electrons. The van der Waals surface area contributed by atoms with E-state index in [4.69, 9.17) is 14.7 Å². The fourth-order valence-electron chi connectivity index (χ4n) is 4.69. The summed E-state index contributed by atoms with van der Waals surface area (Å²) in [4.78, 5) is 18.6. The van der Waals surface area contributed by atoms with Crippen molar-refractivity contribution in [1.29, 1.82) is 5.26 Å². The van der Waals surface area contributed by atoms with Gasteiger partial charge in [-0.05, 0) is 57.1 Å². The van der Waals surface area contributed by atoms with Crippen LogP contribution >= 0.6 is 0 Å². The number of nitrogens with zero attached hydrogens (tertiary/aromatic N) is 6. The Hall–Kier alpha value is -4.03. The van der Waals surface area contributed by atoms with Crippen LogP contribution in [0.3, 0.4) is 0 Å². The summed E-state index contributed by atoms with van der Waals surface area (Å²) < 4.78 is 7.60. The Balaban J connectivity index is 1.49. The highest BCUT2D eigenvalue weighted by atomic mass is 16.5. The van der Waals surface area contributed by atoms with Crippen LogP contribution in [0.25, 0.3) is 22.3 Å². The van der Waals surface area contributed by atoms with E-state index >= 15 is 0 Å². The van der Waals surface area contributed by atoms with Crippen molar-refractivity contribution >= 4 is 22.5 Å². The number of ether oxygens (including phenoxy) is 1. The maximum Gasteiger partial charge on any atom is 0.227 e. The number of piperidine rings is 1. The minimum atomic E-state index is -0.429. The molecule has 3 aromatic heterocycles. The van der Waals surface area contributed by atoms with Gasteiger partial charge in [-0.15, -0.1) is 0 Å². The largest absolute Gasteiger partial charge is 0.495 e. The molecule has 0 bridgehead atoms. The predicted molar refractivity (Wildman–Crippen MR) is 134 cm³/mol. The molecule has 0 saturated carbocycles. The van der Waals surface area contributed by atoms with E-state index in [0.29, 0.717) is 18.1 Å². The molecule has 1 aliphatic rings. The van der Waals surface area contributed by atoms with Crippen molar-refractivity contribution in [2.45, 2.75) is 26.2 Å². The van der Waals surface area contributed by atoms with Crippen LogP contribution in [-0.2, 0) is 13.5 Å². The number of fused-ring (bicyclic) bond motifs is 1. The SMILES string of the molecule is COc1cc(-c2nccn2C)ccc1Nc1ncc2cc(C)nc(CC3(C#N)CCNCC3)c2n1. The number of hydrogen-bond acceptors (Lipinski definition) is 8. The molecule has 4 aromatic rings. The minimum absolute atomic E-state index is 0.429. The van der Waals surface area contributed by atoms with Crippen LogP contribution in [0.5, 0.6) is 5.75 Å². The summed E-state index contributed by atoms with van der Waals surface area (Å²) >= 11 is 0. The van der Waals surface area contributed by atoms with E-state index in [1.807, 2.05) is 49.0 Å². The number of aryl methyl sites for hydroxylation is 2. The number of pyridine rings is 1. The third-order valence-electron chi connectivity index (χ3n) is 6.60. The number of imidazole rings is 1. The standard InChI is InChI=1S/C26H28N8O/c1-17-12-19-15-30-25(33-23(19)21(31-17)14-26(16-27)6-8-28-9-7-26)32-20-5-4-18(13-22(20)35-3)24-29-10-11-34(24)2/h4-5,10-13,15,28H,6-9,14H2,1-3H3,(H,30,32,33). The quantitative estimate of drug-likeness (QED) is 0.438. The smallest absolute Gasteiger partial charge is 0.227 e. The minimum Gasteiger partial charge on any atom is -0.495 e. The molecule has 178 valence electrons. The van der Waals surface area contributed by atoms with Crippen LogP contribution in [0, 0.1) is 23.7 Å². The molecule has 1 saturated heterocycles. The molecule has 35 heavy (non-hydrogen) atoms. The molecule has 0 spiro atoms. The van der Waals surface area contributed by atoms with E-state index in [9.17, 15) is 5.26 Å². The molecule has 1 fully saturated rings. The van der Waals surface area contributed by atoms with Gasteiger partial charge in [0.15, 0.2) is 0 Å². The van der Waals surface area contributed by atoms with Gasteiger partial charge in [0, 0.05) is 48.7 Å². The molecule has 0 amide bonds. The van der Waals surface area contributed by atoms with E-state index in [1.54, 1.807) is 19.5 Å². The molecule has 0 aliphatic carbocycles. The second-order valence-corrected chi connectivity index (χ2v) is 9.06. The Bertz CT molecular complexity index is 1410. The monoisotopic (exact) mass is 468 g/mol. The zero-order valence-electron chi connectivity index (χ0n) is 20.2. The predicted octanol–water partition coefficient (Wildman–Crippen LogP) is 3.92. The third-order valence-corrected chi connectivity index (χ3v) is 6.60. The van der Waals surface area contributed by atoms with Crippen LogP contribution in [0.2, 0.25) is 0 Å². The molecule has 0 atom stereocenters. The zero-order chi connectivity index (χ0) is 24.4. The van der Waals surface area contributed by atoms with Crippen LogP contribution < -0.4 is 15.4 Å². The van der Waals surface area contributed by atoms with Crippen LogP contribution in [-0.4, -0.2) is 44.7 Å². The van der Waals surface area contributed by atoms with Crippen molar-refractivity contribution in [2.75, 3.05) is 25.5 Å². The number of aromatic nitrogens is 5. The first kappa shape index (κ1) is 22.7. The topological polar surface area (TPSA) is 114 Å². The number of rotatable bonds is 6. The first-order chi connectivity index (χ1) is 17.0. The second kappa shape index (κ2) is 9.31. The van der Waals surface area contributed by atoms with E-state index in [2.05, 4.69) is 26.7 Å². The first-order valence-corrected chi connectivity index (χ1v) is 11.7. The van der Waals surface area contributed by atoms with Gasteiger partial charge >= 0.3 is 0 Å². The molecule has 1 aliphatic heterocycles. The first-order valence-electron chi connectivity index (χ1n) is 11.7. The van der Waals surface area contributed by atoms with Gasteiger partial charge in [-0.2, -0.15) is 5.26 Å². The van der Waals surface area contributed by atoms with Crippen molar-refractivity contribution in [1.82, 2.24) is 29.8 Å². The van der Waals surface area contributed by atoms with Gasteiger partial charge in [0.2, 0.25) is 5.95 Å². The number of benzene rings is 1. The highest BCUT2D eigenvalue weighted by Gasteiger charge is 2.33. The van der Waals surface area contributed by atoms with Gasteiger partial charge in [0.05, 0.1) is 35.5 Å². The fourth-order valence-corrected chi connectivity index (χ4v) is 4.69. The third kappa shape index (κ3) is 4.53. The molecular formula is C26H28N8O. The van der Waals surface area contributed by atoms with Gasteiger partial charge in [-0.25, -0.2) is 15.0 Å². The van der Waals surface area contributed by atoms with Crippen LogP contribution in [0.4, 0.5) is 11.6 Å². The lowest BCUT2D eigenvalue weighted by Gasteiger charge is -2.31. The fraction of sp³-hybridized carbons (Fsp3) is 0.346. The zero-order valence-corrected chi connectivity index (χ0v) is 20.2. The van der Waals surface area contributed by atoms with Crippen molar-refractivity contribution < 1.29 is 4.74 Å². The van der Waals surface area contributed by atoms with Crippen molar-refractivity contribution in [3.8, 4) is 23.2 Å². The number of hydrogen-bond donors (Lipinski definition) is 2. The lowest BCUT2D eigenvalue weighted by molar-refractivity contribution is 0.279. The highest BCUT2D eigenvalue weighted by Crippen LogP contribution is 2.35. The molecular weight excluding hydrogens is 440 g/mol. The number of nitrogens with one attached hydrogen (secondary N) is 2. The molecule has 9 heteroatoms. The van der Waals surface area contributed by atoms with Crippen LogP contribution in [0.1, 0.15) is 24.2 Å². The van der Waals surface area contributed by atoms with Gasteiger partial charge in [-0.3, -0.25) is 4.98 Å². The second-order valence-electron chi connectivity index (χ2n) is 9.06. The van der Waals surface area contributed by atoms with Crippen molar-refractivity contribution in [3.63, 3.8) is 0 Å². The average molecular weight is 469 g/mol. The summed E-state index contributed by atoms with van der Waals surface area (Å²) in [6.45, 7) is 3.64.